The SMILES string of the molecule is COc1ccc(NC(=O)CSc2nc3ccc(I)cc3c(=O)n2-c2ccc(S(N)(=O)=O)cc2)cc1. The molecule has 0 radical (unpaired) electrons. The smallest absolute Gasteiger partial charge is 0.266 e. The molecule has 0 aliphatic rings. The molecule has 1 amide bonds. The van der Waals surface area contributed by atoms with Gasteiger partial charge >= 0.3 is 0 Å². The highest BCUT2D eigenvalue weighted by molar-refractivity contribution is 14.1. The van der Waals surface area contributed by atoms with Crippen LogP contribution in [0.4, 0.5) is 5.69 Å². The van der Waals surface area contributed by atoms with Gasteiger partial charge in [-0.25, -0.2) is 18.5 Å². The molecule has 4 rings (SSSR count). The first-order chi connectivity index (χ1) is 16.7. The minimum absolute atomic E-state index is 0.0103. The van der Waals surface area contributed by atoms with Gasteiger partial charge in [0.2, 0.25) is 15.9 Å². The predicted octanol–water partition coefficient (Wildman–Crippen LogP) is 3.38. The summed E-state index contributed by atoms with van der Waals surface area (Å²) in [6.45, 7) is 0. The maximum absolute atomic E-state index is 13.4. The number of aromatic nitrogens is 2. The molecule has 4 aromatic rings. The number of carbonyl (C=O) groups excluding carboxylic acids is 1. The number of ether oxygens (including phenoxy) is 1. The number of thioether (sulfide) groups is 1. The van der Waals surface area contributed by atoms with Crippen LogP contribution in [-0.4, -0.2) is 36.7 Å². The minimum Gasteiger partial charge on any atom is -0.497 e. The van der Waals surface area contributed by atoms with Gasteiger partial charge in [-0.1, -0.05) is 11.8 Å². The van der Waals surface area contributed by atoms with E-state index in [1.54, 1.807) is 43.5 Å². The standard InChI is InChI=1S/C23H19IN4O5S2/c1-33-17-7-3-15(4-8-17)26-21(29)13-34-23-27-20-11-2-14(24)12-19(20)22(30)28(23)16-5-9-18(10-6-16)35(25,31)32/h2-12H,13H2,1H3,(H,26,29)(H2,25,31,32). The Morgan fingerprint density at radius 2 is 1.80 bits per heavy atom. The van der Waals surface area contributed by atoms with Crippen LogP contribution in [0.15, 0.2) is 81.6 Å². The van der Waals surface area contributed by atoms with E-state index in [1.807, 2.05) is 6.07 Å². The minimum atomic E-state index is -3.89. The number of nitrogens with one attached hydrogen (secondary N) is 1. The Labute approximate surface area is 218 Å². The number of amides is 1. The Balaban J connectivity index is 1.68. The van der Waals surface area contributed by atoms with Crippen molar-refractivity contribution in [3.8, 4) is 11.4 Å². The van der Waals surface area contributed by atoms with E-state index < -0.39 is 10.0 Å². The van der Waals surface area contributed by atoms with Gasteiger partial charge in [0.1, 0.15) is 5.75 Å². The maximum Gasteiger partial charge on any atom is 0.266 e. The Morgan fingerprint density at radius 1 is 1.11 bits per heavy atom. The van der Waals surface area contributed by atoms with Crippen LogP contribution in [0.2, 0.25) is 0 Å². The molecule has 0 spiro atoms. The second-order valence-electron chi connectivity index (χ2n) is 7.30. The summed E-state index contributed by atoms with van der Waals surface area (Å²) in [6.07, 6.45) is 0. The summed E-state index contributed by atoms with van der Waals surface area (Å²) in [5, 5.41) is 8.68. The quantitative estimate of drug-likeness (QED) is 0.184. The first kappa shape index (κ1) is 25.2. The monoisotopic (exact) mass is 622 g/mol. The average Bonchev–Trinajstić information content (AvgIpc) is 2.83. The van der Waals surface area contributed by atoms with Crippen molar-refractivity contribution in [1.82, 2.24) is 9.55 Å². The van der Waals surface area contributed by atoms with Crippen LogP contribution in [0.25, 0.3) is 16.6 Å². The second-order valence-corrected chi connectivity index (χ2v) is 11.1. The topological polar surface area (TPSA) is 133 Å². The highest BCUT2D eigenvalue weighted by atomic mass is 127. The summed E-state index contributed by atoms with van der Waals surface area (Å²) in [5.41, 5.74) is 1.16. The molecule has 3 aromatic carbocycles. The fourth-order valence-corrected chi connectivity index (χ4v) is 5.07. The number of rotatable bonds is 7. The number of primary sulfonamides is 1. The zero-order valence-corrected chi connectivity index (χ0v) is 22.1. The summed E-state index contributed by atoms with van der Waals surface area (Å²) in [7, 11) is -2.33. The number of benzene rings is 3. The van der Waals surface area contributed by atoms with Crippen LogP contribution in [0.5, 0.6) is 5.75 Å². The second kappa shape index (κ2) is 10.4. The van der Waals surface area contributed by atoms with Crippen LogP contribution in [0.3, 0.4) is 0 Å². The molecule has 0 bridgehead atoms. The van der Waals surface area contributed by atoms with Crippen molar-refractivity contribution in [3.63, 3.8) is 0 Å². The van der Waals surface area contributed by atoms with Crippen molar-refractivity contribution < 1.29 is 17.9 Å². The third-order valence-corrected chi connectivity index (χ3v) is 7.47. The number of nitrogens with zero attached hydrogens (tertiary/aromatic N) is 2. The molecular formula is C23H19IN4O5S2. The third kappa shape index (κ3) is 5.83. The summed E-state index contributed by atoms with van der Waals surface area (Å²) < 4.78 is 30.6. The Bertz CT molecular complexity index is 1570. The average molecular weight is 622 g/mol. The lowest BCUT2D eigenvalue weighted by Crippen LogP contribution is -2.23. The van der Waals surface area contributed by atoms with Gasteiger partial charge in [0.05, 0.1) is 34.3 Å². The van der Waals surface area contributed by atoms with Crippen molar-refractivity contribution >= 4 is 66.9 Å². The number of nitrogens with two attached hydrogens (primary N) is 1. The normalized spacial score (nSPS) is 11.4. The van der Waals surface area contributed by atoms with Crippen molar-refractivity contribution in [2.24, 2.45) is 5.14 Å². The number of methoxy groups -OCH3 is 1. The van der Waals surface area contributed by atoms with E-state index in [0.717, 1.165) is 15.3 Å². The van der Waals surface area contributed by atoms with Gasteiger partial charge in [0, 0.05) is 9.26 Å². The highest BCUT2D eigenvalue weighted by Gasteiger charge is 2.16. The number of fused-ring (bicyclic) bond motifs is 1. The van der Waals surface area contributed by atoms with E-state index in [0.29, 0.717) is 28.0 Å². The molecule has 0 aliphatic carbocycles. The largest absolute Gasteiger partial charge is 0.497 e. The van der Waals surface area contributed by atoms with Crippen LogP contribution in [0, 0.1) is 3.57 Å². The molecular weight excluding hydrogens is 603 g/mol. The van der Waals surface area contributed by atoms with Gasteiger partial charge < -0.3 is 10.1 Å². The van der Waals surface area contributed by atoms with Gasteiger partial charge in [-0.15, -0.1) is 0 Å². The van der Waals surface area contributed by atoms with Crippen LogP contribution in [-0.2, 0) is 14.8 Å². The summed E-state index contributed by atoms with van der Waals surface area (Å²) in [4.78, 5) is 30.5. The van der Waals surface area contributed by atoms with E-state index >= 15 is 0 Å². The lowest BCUT2D eigenvalue weighted by molar-refractivity contribution is -0.113. The zero-order valence-electron chi connectivity index (χ0n) is 18.3. The zero-order chi connectivity index (χ0) is 25.2. The Hall–Kier alpha value is -2.94. The molecule has 0 aliphatic heterocycles. The van der Waals surface area contributed by atoms with Gasteiger partial charge in [0.15, 0.2) is 5.16 Å². The molecule has 9 nitrogen and oxygen atoms in total. The molecule has 3 N–H and O–H groups in total. The fraction of sp³-hybridized carbons (Fsp3) is 0.0870. The number of sulfonamides is 1. The van der Waals surface area contributed by atoms with E-state index in [2.05, 4.69) is 32.9 Å². The fourth-order valence-electron chi connectivity index (χ4n) is 3.25. The third-order valence-electron chi connectivity index (χ3n) is 4.93. The molecule has 0 saturated carbocycles. The predicted molar refractivity (Wildman–Crippen MR) is 144 cm³/mol. The lowest BCUT2D eigenvalue weighted by atomic mass is 10.2. The number of hydrogen-bond acceptors (Lipinski definition) is 7. The van der Waals surface area contributed by atoms with Crippen LogP contribution >= 0.6 is 34.4 Å². The van der Waals surface area contributed by atoms with E-state index in [1.165, 1.54) is 28.8 Å². The van der Waals surface area contributed by atoms with Crippen molar-refractivity contribution in [3.05, 3.63) is 80.7 Å². The summed E-state index contributed by atoms with van der Waals surface area (Å²) in [5.74, 6) is 0.377. The van der Waals surface area contributed by atoms with Gasteiger partial charge in [-0.3, -0.25) is 14.2 Å². The molecule has 1 aromatic heterocycles. The van der Waals surface area contributed by atoms with Crippen molar-refractivity contribution in [1.29, 1.82) is 0 Å². The molecule has 0 fully saturated rings. The Morgan fingerprint density at radius 3 is 2.43 bits per heavy atom. The maximum atomic E-state index is 13.4. The highest BCUT2D eigenvalue weighted by Crippen LogP contribution is 2.24. The molecule has 0 unspecified atom stereocenters. The first-order valence-corrected chi connectivity index (χ1v) is 13.7. The molecule has 35 heavy (non-hydrogen) atoms. The number of anilines is 1. The van der Waals surface area contributed by atoms with Gasteiger partial charge in [-0.05, 0) is 89.3 Å². The van der Waals surface area contributed by atoms with Crippen molar-refractivity contribution in [2.45, 2.75) is 10.1 Å². The van der Waals surface area contributed by atoms with Gasteiger partial charge in [0.25, 0.3) is 5.56 Å². The number of carbonyl (C=O) groups is 1. The number of halogens is 1. The molecule has 12 heteroatoms. The number of hydrogen-bond donors (Lipinski definition) is 2. The molecule has 0 atom stereocenters. The van der Waals surface area contributed by atoms with E-state index in [9.17, 15) is 18.0 Å². The van der Waals surface area contributed by atoms with Crippen LogP contribution < -0.4 is 20.8 Å². The Kier molecular flexibility index (Phi) is 7.44. The van der Waals surface area contributed by atoms with E-state index in [4.69, 9.17) is 9.88 Å². The summed E-state index contributed by atoms with van der Waals surface area (Å²) >= 11 is 3.20. The van der Waals surface area contributed by atoms with Crippen molar-refractivity contribution in [2.75, 3.05) is 18.2 Å². The van der Waals surface area contributed by atoms with E-state index in [-0.39, 0.29) is 27.3 Å². The van der Waals surface area contributed by atoms with Crippen LogP contribution in [0.1, 0.15) is 0 Å². The lowest BCUT2D eigenvalue weighted by Gasteiger charge is -2.14. The molecule has 0 saturated heterocycles. The molecule has 180 valence electrons. The summed E-state index contributed by atoms with van der Waals surface area (Å²) in [6, 6.07) is 17.8. The first-order valence-electron chi connectivity index (χ1n) is 10.1. The van der Waals surface area contributed by atoms with Gasteiger partial charge in [-0.2, -0.15) is 0 Å². The molecule has 1 heterocycles.